The number of thiophene rings is 1. The molecule has 0 unspecified atom stereocenters. The van der Waals surface area contributed by atoms with Crippen LogP contribution in [-0.4, -0.2) is 72.3 Å². The molecular formula is C29H34N6O3S. The van der Waals surface area contributed by atoms with Crippen LogP contribution in [0.2, 0.25) is 0 Å². The molecule has 0 bridgehead atoms. The smallest absolute Gasteiger partial charge is 0.350 e. The highest BCUT2D eigenvalue weighted by atomic mass is 32.1. The minimum atomic E-state index is -0.380. The lowest BCUT2D eigenvalue weighted by molar-refractivity contribution is 0.0607. The summed E-state index contributed by atoms with van der Waals surface area (Å²) in [5.41, 5.74) is 4.46. The second kappa shape index (κ2) is 11.2. The zero-order valence-electron chi connectivity index (χ0n) is 22.4. The summed E-state index contributed by atoms with van der Waals surface area (Å²) in [5.74, 6) is 1.73. The highest BCUT2D eigenvalue weighted by Gasteiger charge is 2.27. The van der Waals surface area contributed by atoms with Crippen LogP contribution in [0.5, 0.6) is 5.75 Å². The minimum Gasteiger partial charge on any atom is -0.496 e. The second-order valence-corrected chi connectivity index (χ2v) is 11.1. The van der Waals surface area contributed by atoms with Gasteiger partial charge in [-0.2, -0.15) is 0 Å². The van der Waals surface area contributed by atoms with Gasteiger partial charge in [-0.3, -0.25) is 0 Å². The van der Waals surface area contributed by atoms with Crippen molar-refractivity contribution < 1.29 is 14.3 Å². The molecule has 0 atom stereocenters. The lowest BCUT2D eigenvalue weighted by Crippen LogP contribution is -2.43. The van der Waals surface area contributed by atoms with Gasteiger partial charge in [0.2, 0.25) is 0 Å². The van der Waals surface area contributed by atoms with Crippen LogP contribution >= 0.6 is 11.3 Å². The summed E-state index contributed by atoms with van der Waals surface area (Å²) < 4.78 is 10.8. The van der Waals surface area contributed by atoms with E-state index in [0.29, 0.717) is 28.6 Å². The van der Waals surface area contributed by atoms with E-state index in [0.717, 1.165) is 41.5 Å². The zero-order valence-corrected chi connectivity index (χ0v) is 23.2. The first-order chi connectivity index (χ1) is 19.1. The number of nitrogens with one attached hydrogen (secondary N) is 2. The number of aromatic amines is 1. The number of rotatable bonds is 8. The summed E-state index contributed by atoms with van der Waals surface area (Å²) in [5, 5.41) is 5.16. The Bertz CT molecular complexity index is 1450. The van der Waals surface area contributed by atoms with Crippen LogP contribution in [-0.2, 0) is 11.2 Å². The number of carbonyl (C=O) groups is 1. The highest BCUT2D eigenvalue weighted by molar-refractivity contribution is 7.12. The molecule has 204 valence electrons. The van der Waals surface area contributed by atoms with Crippen molar-refractivity contribution in [1.82, 2.24) is 19.9 Å². The number of piperidine rings is 1. The number of nitrogens with zero attached hydrogens (tertiary/aromatic N) is 4. The average molecular weight is 547 g/mol. The van der Waals surface area contributed by atoms with Crippen LogP contribution in [0.1, 0.15) is 46.7 Å². The van der Waals surface area contributed by atoms with E-state index >= 15 is 0 Å². The lowest BCUT2D eigenvalue weighted by atomic mass is 10.0. The fourth-order valence-electron chi connectivity index (χ4n) is 5.79. The summed E-state index contributed by atoms with van der Waals surface area (Å²) >= 11 is 1.33. The van der Waals surface area contributed by atoms with Crippen LogP contribution in [0.15, 0.2) is 41.9 Å². The van der Waals surface area contributed by atoms with Crippen molar-refractivity contribution in [2.45, 2.75) is 38.1 Å². The number of carbonyl (C=O) groups excluding carboxylic acids is 1. The fourth-order valence-corrected chi connectivity index (χ4v) is 6.56. The quantitative estimate of drug-likeness (QED) is 0.291. The molecule has 2 fully saturated rings. The lowest BCUT2D eigenvalue weighted by Gasteiger charge is -2.38. The van der Waals surface area contributed by atoms with Crippen molar-refractivity contribution in [1.29, 1.82) is 0 Å². The van der Waals surface area contributed by atoms with Gasteiger partial charge in [-0.05, 0) is 62.4 Å². The van der Waals surface area contributed by atoms with E-state index in [4.69, 9.17) is 19.4 Å². The van der Waals surface area contributed by atoms with Crippen LogP contribution in [0.3, 0.4) is 0 Å². The Morgan fingerprint density at radius 1 is 1.10 bits per heavy atom. The summed E-state index contributed by atoms with van der Waals surface area (Å²) in [6.45, 7) is 4.67. The molecular weight excluding hydrogens is 512 g/mol. The molecule has 0 aliphatic carbocycles. The average Bonchev–Trinajstić information content (AvgIpc) is 3.75. The molecule has 0 saturated carbocycles. The first-order valence-electron chi connectivity index (χ1n) is 13.6. The van der Waals surface area contributed by atoms with Gasteiger partial charge in [0.05, 0.1) is 25.4 Å². The normalized spacial score (nSPS) is 16.6. The number of benzene rings is 1. The number of anilines is 3. The zero-order chi connectivity index (χ0) is 26.8. The van der Waals surface area contributed by atoms with Gasteiger partial charge < -0.3 is 29.6 Å². The number of fused-ring (bicyclic) bond motifs is 1. The molecule has 10 heteroatoms. The van der Waals surface area contributed by atoms with Crippen molar-refractivity contribution in [3.05, 3.63) is 58.2 Å². The van der Waals surface area contributed by atoms with E-state index in [9.17, 15) is 4.79 Å². The van der Waals surface area contributed by atoms with Gasteiger partial charge in [-0.15, -0.1) is 11.3 Å². The van der Waals surface area contributed by atoms with E-state index in [-0.39, 0.29) is 5.97 Å². The third-order valence-electron chi connectivity index (χ3n) is 7.85. The predicted octanol–water partition coefficient (Wildman–Crippen LogP) is 5.21. The molecule has 4 aromatic rings. The van der Waals surface area contributed by atoms with Crippen molar-refractivity contribution in [2.75, 3.05) is 50.6 Å². The van der Waals surface area contributed by atoms with Gasteiger partial charge in [0, 0.05) is 49.1 Å². The molecule has 6 rings (SSSR count). The van der Waals surface area contributed by atoms with Gasteiger partial charge in [0.25, 0.3) is 0 Å². The number of hydrogen-bond donors (Lipinski definition) is 2. The molecule has 39 heavy (non-hydrogen) atoms. The van der Waals surface area contributed by atoms with E-state index in [1.54, 1.807) is 7.11 Å². The van der Waals surface area contributed by atoms with Crippen LogP contribution in [0, 0.1) is 0 Å². The number of ether oxygens (including phenoxy) is 2. The maximum absolute atomic E-state index is 12.2. The number of aromatic nitrogens is 3. The highest BCUT2D eigenvalue weighted by Crippen LogP contribution is 2.32. The standard InChI is InChI=1S/C29H34N6O3S/c1-37-24-18-21(35-14-8-20(9-15-35)34-12-3-4-13-34)6-5-19(24)17-25-31-22-7-11-30-26(22)28(33-25)32-23-10-16-39-27(23)29(36)38-2/h5-7,10-11,16,18,20,30H,3-4,8-9,12-15,17H2,1-2H3,(H,31,32,33). The topological polar surface area (TPSA) is 95.6 Å². The third kappa shape index (κ3) is 5.31. The van der Waals surface area contributed by atoms with Crippen molar-refractivity contribution in [3.8, 4) is 5.75 Å². The maximum atomic E-state index is 12.2. The van der Waals surface area contributed by atoms with Crippen molar-refractivity contribution >= 4 is 45.5 Å². The van der Waals surface area contributed by atoms with Crippen molar-refractivity contribution in [2.24, 2.45) is 0 Å². The predicted molar refractivity (Wildman–Crippen MR) is 155 cm³/mol. The van der Waals surface area contributed by atoms with E-state index in [1.165, 1.54) is 62.9 Å². The molecule has 2 aliphatic rings. The second-order valence-electron chi connectivity index (χ2n) is 10.1. The Hall–Kier alpha value is -3.63. The summed E-state index contributed by atoms with van der Waals surface area (Å²) in [7, 11) is 3.10. The van der Waals surface area contributed by atoms with Gasteiger partial charge in [-0.25, -0.2) is 14.8 Å². The SMILES string of the molecule is COC(=O)c1sccc1Nc1nc(Cc2ccc(N3CCC(N4CCCC4)CC3)cc2OC)nc2cc[nH]c12. The molecule has 0 spiro atoms. The molecule has 2 saturated heterocycles. The molecule has 2 N–H and O–H groups in total. The first kappa shape index (κ1) is 25.6. The maximum Gasteiger partial charge on any atom is 0.350 e. The monoisotopic (exact) mass is 546 g/mol. The summed E-state index contributed by atoms with van der Waals surface area (Å²) in [4.78, 5) is 30.7. The Morgan fingerprint density at radius 2 is 1.92 bits per heavy atom. The van der Waals surface area contributed by atoms with Crippen LogP contribution in [0.4, 0.5) is 17.2 Å². The molecule has 1 aromatic carbocycles. The molecule has 9 nitrogen and oxygen atoms in total. The summed E-state index contributed by atoms with van der Waals surface area (Å²) in [6, 6.07) is 11.0. The Morgan fingerprint density at radius 3 is 2.69 bits per heavy atom. The first-order valence-corrected chi connectivity index (χ1v) is 14.4. The molecule has 0 amide bonds. The van der Waals surface area contributed by atoms with E-state index < -0.39 is 0 Å². The number of hydrogen-bond acceptors (Lipinski definition) is 9. The van der Waals surface area contributed by atoms with Crippen LogP contribution < -0.4 is 15.0 Å². The number of methoxy groups -OCH3 is 2. The molecule has 3 aromatic heterocycles. The van der Waals surface area contributed by atoms with Gasteiger partial charge >= 0.3 is 5.97 Å². The van der Waals surface area contributed by atoms with E-state index in [1.807, 2.05) is 23.7 Å². The summed E-state index contributed by atoms with van der Waals surface area (Å²) in [6.07, 6.45) is 7.48. The number of likely N-dealkylation sites (tertiary alicyclic amines) is 1. The molecule has 5 heterocycles. The van der Waals surface area contributed by atoms with Crippen LogP contribution in [0.25, 0.3) is 11.0 Å². The third-order valence-corrected chi connectivity index (χ3v) is 8.74. The van der Waals surface area contributed by atoms with Gasteiger partial charge in [-0.1, -0.05) is 6.07 Å². The number of H-pyrrole nitrogens is 1. The molecule has 2 aliphatic heterocycles. The number of esters is 1. The van der Waals surface area contributed by atoms with E-state index in [2.05, 4.69) is 38.3 Å². The Labute approximate surface area is 232 Å². The fraction of sp³-hybridized carbons (Fsp3) is 0.414. The van der Waals surface area contributed by atoms with Crippen molar-refractivity contribution in [3.63, 3.8) is 0 Å². The minimum absolute atomic E-state index is 0.380. The Balaban J connectivity index is 1.21. The molecule has 0 radical (unpaired) electrons. The van der Waals surface area contributed by atoms with Gasteiger partial charge in [0.1, 0.15) is 22.0 Å². The largest absolute Gasteiger partial charge is 0.496 e. The Kier molecular flexibility index (Phi) is 7.38. The van der Waals surface area contributed by atoms with Gasteiger partial charge in [0.15, 0.2) is 5.82 Å².